The van der Waals surface area contributed by atoms with Gasteiger partial charge in [-0.3, -0.25) is 9.69 Å². The van der Waals surface area contributed by atoms with Crippen molar-refractivity contribution in [3.63, 3.8) is 0 Å². The number of hydrogen-bond donors (Lipinski definition) is 0. The van der Waals surface area contributed by atoms with Crippen LogP contribution in [0.4, 0.5) is 15.9 Å². The van der Waals surface area contributed by atoms with E-state index in [9.17, 15) is 14.4 Å². The van der Waals surface area contributed by atoms with E-state index >= 15 is 0 Å². The summed E-state index contributed by atoms with van der Waals surface area (Å²) in [6.07, 6.45) is 4.41. The van der Waals surface area contributed by atoms with Crippen LogP contribution in [-0.2, 0) is 22.5 Å². The predicted molar refractivity (Wildman–Crippen MR) is 176 cm³/mol. The van der Waals surface area contributed by atoms with Crippen LogP contribution >= 0.6 is 0 Å². The maximum atomic E-state index is 12.8. The second-order valence-electron chi connectivity index (χ2n) is 12.1. The van der Waals surface area contributed by atoms with Gasteiger partial charge in [-0.15, -0.1) is 0 Å². The van der Waals surface area contributed by atoms with Crippen molar-refractivity contribution >= 4 is 28.2 Å². The Morgan fingerprint density at radius 3 is 2.83 bits per heavy atom. The molecule has 2 fully saturated rings. The number of halogens is 1. The van der Waals surface area contributed by atoms with E-state index in [1.54, 1.807) is 4.90 Å². The Labute approximate surface area is 270 Å². The van der Waals surface area contributed by atoms with Crippen molar-refractivity contribution < 1.29 is 18.7 Å². The van der Waals surface area contributed by atoms with Crippen LogP contribution in [0.1, 0.15) is 29.7 Å². The zero-order valence-corrected chi connectivity index (χ0v) is 26.5. The monoisotopic (exact) mass is 627 g/mol. The summed E-state index contributed by atoms with van der Waals surface area (Å²) in [7, 11) is 0. The molecular formula is C35H42FN7O3. The Bertz CT molecular complexity index is 1600. The topological polar surface area (TPSA) is 98.1 Å². The predicted octanol–water partition coefficient (Wildman–Crippen LogP) is 4.06. The van der Waals surface area contributed by atoms with Crippen LogP contribution in [0.3, 0.4) is 0 Å². The highest BCUT2D eigenvalue weighted by Crippen LogP contribution is 2.36. The van der Waals surface area contributed by atoms with Crippen molar-refractivity contribution in [1.29, 1.82) is 5.26 Å². The van der Waals surface area contributed by atoms with Gasteiger partial charge in [0.15, 0.2) is 0 Å². The number of benzene rings is 2. The summed E-state index contributed by atoms with van der Waals surface area (Å²) < 4.78 is 24.6. The third-order valence-electron chi connectivity index (χ3n) is 9.15. The zero-order valence-electron chi connectivity index (χ0n) is 26.5. The minimum Gasteiger partial charge on any atom is -0.462 e. The first kappa shape index (κ1) is 31.7. The van der Waals surface area contributed by atoms with Crippen LogP contribution in [0.25, 0.3) is 10.8 Å². The molecule has 0 aliphatic carbocycles. The van der Waals surface area contributed by atoms with E-state index in [4.69, 9.17) is 19.4 Å². The van der Waals surface area contributed by atoms with Gasteiger partial charge in [0.25, 0.3) is 0 Å². The van der Waals surface area contributed by atoms with Gasteiger partial charge < -0.3 is 24.2 Å². The fraction of sp³-hybridized carbons (Fsp3) is 0.486. The van der Waals surface area contributed by atoms with Crippen molar-refractivity contribution in [2.24, 2.45) is 0 Å². The molecule has 0 radical (unpaired) electrons. The van der Waals surface area contributed by atoms with Crippen LogP contribution in [0.5, 0.6) is 6.01 Å². The highest BCUT2D eigenvalue weighted by Gasteiger charge is 2.33. The van der Waals surface area contributed by atoms with Gasteiger partial charge >= 0.3 is 6.01 Å². The van der Waals surface area contributed by atoms with E-state index < -0.39 is 6.67 Å². The first-order chi connectivity index (χ1) is 22.6. The lowest BCUT2D eigenvalue weighted by Crippen LogP contribution is -2.55. The van der Waals surface area contributed by atoms with E-state index in [1.165, 1.54) is 34.2 Å². The van der Waals surface area contributed by atoms with Crippen molar-refractivity contribution in [3.05, 3.63) is 65.4 Å². The molecule has 11 heteroatoms. The smallest absolute Gasteiger partial charge is 0.318 e. The van der Waals surface area contributed by atoms with Gasteiger partial charge in [-0.05, 0) is 42.9 Å². The normalized spacial score (nSPS) is 19.2. The number of alkyl halides is 1. The van der Waals surface area contributed by atoms with Crippen LogP contribution in [-0.4, -0.2) is 104 Å². The lowest BCUT2D eigenvalue weighted by atomic mass is 9.99. The third kappa shape index (κ3) is 7.08. The minimum atomic E-state index is -0.703. The number of fused-ring (bicyclic) bond motifs is 2. The number of anilines is 2. The van der Waals surface area contributed by atoms with Gasteiger partial charge in [-0.1, -0.05) is 30.3 Å². The van der Waals surface area contributed by atoms with Crippen molar-refractivity contribution in [1.82, 2.24) is 19.8 Å². The number of allylic oxidation sites excluding steroid dienone is 1. The number of aromatic nitrogens is 2. The summed E-state index contributed by atoms with van der Waals surface area (Å²) in [5.41, 5.74) is 4.44. The third-order valence-corrected chi connectivity index (χ3v) is 9.15. The summed E-state index contributed by atoms with van der Waals surface area (Å²) in [6.45, 7) is 8.88. The van der Waals surface area contributed by atoms with Gasteiger partial charge in [-0.25, -0.2) is 4.39 Å². The van der Waals surface area contributed by atoms with E-state index in [2.05, 4.69) is 64.1 Å². The molecule has 4 heterocycles. The quantitative estimate of drug-likeness (QED) is 0.326. The molecule has 1 amide bonds. The number of nitriles is 1. The average molecular weight is 628 g/mol. The van der Waals surface area contributed by atoms with E-state index in [1.807, 2.05) is 0 Å². The molecule has 6 rings (SSSR count). The minimum absolute atomic E-state index is 0.177. The molecule has 0 bridgehead atoms. The molecular weight excluding hydrogens is 585 g/mol. The molecule has 0 N–H and O–H groups in total. The summed E-state index contributed by atoms with van der Waals surface area (Å²) in [6, 6.07) is 15.1. The summed E-state index contributed by atoms with van der Waals surface area (Å²) in [5.74, 6) is 0.539. The summed E-state index contributed by atoms with van der Waals surface area (Å²) >= 11 is 0. The Balaban J connectivity index is 1.29. The second kappa shape index (κ2) is 14.9. The van der Waals surface area contributed by atoms with E-state index in [0.29, 0.717) is 38.8 Å². The molecule has 0 saturated carbocycles. The molecule has 2 aromatic carbocycles. The molecule has 2 saturated heterocycles. The van der Waals surface area contributed by atoms with Crippen molar-refractivity contribution in [2.45, 2.75) is 38.8 Å². The number of rotatable bonds is 9. The average Bonchev–Trinajstić information content (AvgIpc) is 3.35. The fourth-order valence-electron chi connectivity index (χ4n) is 6.84. The zero-order chi connectivity index (χ0) is 31.9. The maximum Gasteiger partial charge on any atom is 0.318 e. The van der Waals surface area contributed by atoms with Gasteiger partial charge in [0, 0.05) is 75.1 Å². The van der Waals surface area contributed by atoms with E-state index in [0.717, 1.165) is 69.3 Å². The molecule has 1 atom stereocenters. The Hall–Kier alpha value is -4.27. The van der Waals surface area contributed by atoms with Crippen LogP contribution in [0.2, 0.25) is 0 Å². The number of amides is 1. The molecule has 10 nitrogen and oxygen atoms in total. The summed E-state index contributed by atoms with van der Waals surface area (Å²) in [4.78, 5) is 31.3. The number of aryl methyl sites for hydroxylation is 1. The fourth-order valence-corrected chi connectivity index (χ4v) is 6.84. The SMILES string of the molecule is Cc1cccc2cccc(N3CCc4c(nc(OCCN5CCCOCC5)nc4N4CCN(C(=O)/C=C/CF)[C@@H](CC#N)C4)C3)c12. The lowest BCUT2D eigenvalue weighted by Gasteiger charge is -2.42. The molecule has 3 aromatic rings. The first-order valence-corrected chi connectivity index (χ1v) is 16.3. The Kier molecular flexibility index (Phi) is 10.3. The molecule has 46 heavy (non-hydrogen) atoms. The van der Waals surface area contributed by atoms with Crippen molar-refractivity contribution in [2.75, 3.05) is 82.1 Å². The van der Waals surface area contributed by atoms with Gasteiger partial charge in [-0.2, -0.15) is 15.2 Å². The lowest BCUT2D eigenvalue weighted by molar-refractivity contribution is -0.128. The number of carbonyl (C=O) groups is 1. The molecule has 3 aliphatic heterocycles. The van der Waals surface area contributed by atoms with Crippen LogP contribution in [0, 0.1) is 18.3 Å². The first-order valence-electron chi connectivity index (χ1n) is 16.3. The highest BCUT2D eigenvalue weighted by atomic mass is 19.1. The molecule has 242 valence electrons. The van der Waals surface area contributed by atoms with Crippen LogP contribution in [0.15, 0.2) is 48.6 Å². The summed E-state index contributed by atoms with van der Waals surface area (Å²) in [5, 5.41) is 12.1. The van der Waals surface area contributed by atoms with Gasteiger partial charge in [0.2, 0.25) is 5.91 Å². The van der Waals surface area contributed by atoms with Gasteiger partial charge in [0.1, 0.15) is 19.1 Å². The maximum absolute atomic E-state index is 12.8. The van der Waals surface area contributed by atoms with E-state index in [-0.39, 0.29) is 18.4 Å². The highest BCUT2D eigenvalue weighted by molar-refractivity contribution is 5.97. The Morgan fingerprint density at radius 2 is 1.98 bits per heavy atom. The molecule has 0 spiro atoms. The number of hydrogen-bond acceptors (Lipinski definition) is 9. The molecule has 3 aliphatic rings. The van der Waals surface area contributed by atoms with Crippen molar-refractivity contribution in [3.8, 4) is 12.1 Å². The number of nitrogens with zero attached hydrogens (tertiary/aromatic N) is 7. The van der Waals surface area contributed by atoms with Gasteiger partial charge in [0.05, 0.1) is 37.4 Å². The molecule has 0 unspecified atom stereocenters. The Morgan fingerprint density at radius 1 is 1.11 bits per heavy atom. The standard InChI is InChI=1S/C35H42FN7O3/c1-26-6-2-7-27-8-3-9-31(33(26)27)41-16-12-29-30(25-41)38-35(46-23-20-40-15-5-21-45-22-19-40)39-34(29)42-17-18-43(28(24-42)11-14-37)32(44)10-4-13-36/h2-4,6-10,28H,5,11-13,15-25H2,1H3/b10-4+/t28-/m0/s1. The number of carbonyl (C=O) groups excluding carboxylic acids is 1. The van der Waals surface area contributed by atoms with Crippen LogP contribution < -0.4 is 14.5 Å². The molecule has 1 aromatic heterocycles. The largest absolute Gasteiger partial charge is 0.462 e. The number of piperazine rings is 1. The second-order valence-corrected chi connectivity index (χ2v) is 12.1. The number of ether oxygens (including phenoxy) is 2.